The Morgan fingerprint density at radius 3 is 1.34 bits per heavy atom. The average molecular weight is 1230 g/mol. The molecule has 0 aliphatic carbocycles. The molecule has 0 saturated heterocycles. The quantitative estimate of drug-likeness (QED) is 0.140. The second-order valence-corrected chi connectivity index (χ2v) is 25.5. The summed E-state index contributed by atoms with van der Waals surface area (Å²) >= 11 is 0. The average Bonchev–Trinajstić information content (AvgIpc) is 0.994. The molecule has 0 saturated carbocycles. The molecular weight excluding hydrogens is 1170 g/mol. The van der Waals surface area contributed by atoms with Gasteiger partial charge in [0.15, 0.2) is 16.9 Å². The summed E-state index contributed by atoms with van der Waals surface area (Å²) in [5, 5.41) is 8.33. The highest BCUT2D eigenvalue weighted by Crippen LogP contribution is 2.52. The van der Waals surface area contributed by atoms with Crippen LogP contribution < -0.4 is 61.9 Å². The fraction of sp³-hybridized carbons (Fsp3) is 0. The van der Waals surface area contributed by atoms with Gasteiger partial charge in [-0.05, 0) is 194 Å². The molecular formula is C86H52B2N4O4. The molecule has 0 unspecified atom stereocenters. The van der Waals surface area contributed by atoms with Gasteiger partial charge in [-0.1, -0.05) is 164 Å². The van der Waals surface area contributed by atoms with Crippen molar-refractivity contribution in [1.29, 1.82) is 0 Å². The zero-order valence-corrected chi connectivity index (χ0v) is 51.6. The largest absolute Gasteiger partial charge is 0.458 e. The molecule has 4 aliphatic rings. The maximum Gasteiger partial charge on any atom is 0.260 e. The van der Waals surface area contributed by atoms with Gasteiger partial charge in [0.05, 0.1) is 5.69 Å². The summed E-state index contributed by atoms with van der Waals surface area (Å²) in [5.74, 6) is 2.99. The summed E-state index contributed by atoms with van der Waals surface area (Å²) < 4.78 is 29.3. The van der Waals surface area contributed by atoms with Crippen molar-refractivity contribution in [2.24, 2.45) is 0 Å². The van der Waals surface area contributed by atoms with E-state index in [1.54, 1.807) is 0 Å². The molecule has 8 nitrogen and oxygen atoms in total. The molecule has 96 heavy (non-hydrogen) atoms. The van der Waals surface area contributed by atoms with Gasteiger partial charge in [0.25, 0.3) is 13.4 Å². The molecule has 0 bridgehead atoms. The van der Waals surface area contributed by atoms with Gasteiger partial charge in [-0.3, -0.25) is 0 Å². The van der Waals surface area contributed by atoms with E-state index in [-0.39, 0.29) is 13.4 Å². The summed E-state index contributed by atoms with van der Waals surface area (Å²) in [4.78, 5) is 9.55. The van der Waals surface area contributed by atoms with E-state index in [2.05, 4.69) is 335 Å². The van der Waals surface area contributed by atoms with Crippen molar-refractivity contribution in [3.63, 3.8) is 0 Å². The highest BCUT2D eigenvalue weighted by atomic mass is 16.5. The van der Waals surface area contributed by atoms with Crippen LogP contribution in [-0.2, 0) is 0 Å². The second kappa shape index (κ2) is 20.4. The maximum atomic E-state index is 7.55. The van der Waals surface area contributed by atoms with Gasteiger partial charge in [0.2, 0.25) is 0 Å². The Balaban J connectivity index is 0.785. The lowest BCUT2D eigenvalue weighted by Gasteiger charge is -2.44. The van der Waals surface area contributed by atoms with Gasteiger partial charge in [-0.2, -0.15) is 0 Å². The second-order valence-electron chi connectivity index (χ2n) is 25.5. The first-order valence-corrected chi connectivity index (χ1v) is 32.8. The first-order valence-electron chi connectivity index (χ1n) is 32.8. The maximum absolute atomic E-state index is 7.55. The van der Waals surface area contributed by atoms with Crippen molar-refractivity contribution in [2.45, 2.75) is 0 Å². The lowest BCUT2D eigenvalue weighted by atomic mass is 9.31. The SMILES string of the molecule is c1ccc(N(c2ccccc2)c2ccc3cc4oc5c6c7c(cc5c4cc3c2)Oc2cc3c(cc2B7c2ccccc2O6)B2c4ccccc4N(c4ccccc4)c4c2c(cc2c4oc4cc5ccc(N(c6ccccc6)c6ccccc6)cc5cc42)N3c2ccccc2)cc1. The van der Waals surface area contributed by atoms with Crippen LogP contribution >= 0.6 is 0 Å². The Kier molecular flexibility index (Phi) is 11.3. The van der Waals surface area contributed by atoms with Crippen molar-refractivity contribution in [2.75, 3.05) is 19.6 Å². The predicted molar refractivity (Wildman–Crippen MR) is 397 cm³/mol. The van der Waals surface area contributed by atoms with Crippen molar-refractivity contribution in [3.05, 3.63) is 315 Å². The molecule has 0 atom stereocenters. The number of benzene rings is 15. The number of hydrogen-bond acceptors (Lipinski definition) is 8. The molecule has 15 aromatic carbocycles. The van der Waals surface area contributed by atoms with E-state index in [4.69, 9.17) is 18.3 Å². The standard InChI is InChI=1S/C86H52B2N4O4/c1-7-23-57(24-8-1)89(58-25-9-2-10-26-58)63-41-39-53-47-77-65(45-55(53)43-63)67-49-75-81-83(84(67)95-77)92(62-33-17-6-18-34-62)73-37-21-19-35-69(73)87(81)71-51-72-79(52-74(71)91(75)61-31-15-5-16-32-61)93-80-50-68-66-46-56-44-64(90(59-27-11-3-12-28-59)60-29-13-4-14-30-60)42-40-54(56)48-78(66)96-85(68)86-82(80)88(72)70-36-20-22-38-76(70)94-86/h1-52H. The molecule has 17 aromatic rings. The lowest BCUT2D eigenvalue weighted by Crippen LogP contribution is -2.63. The summed E-state index contributed by atoms with van der Waals surface area (Å²) in [7, 11) is 0. The number of rotatable bonds is 8. The number of nitrogens with zero attached hydrogens (tertiary/aromatic N) is 4. The number of para-hydroxylation sites is 8. The zero-order chi connectivity index (χ0) is 62.7. The van der Waals surface area contributed by atoms with E-state index in [9.17, 15) is 0 Å². The minimum Gasteiger partial charge on any atom is -0.458 e. The minimum atomic E-state index is -0.263. The van der Waals surface area contributed by atoms with E-state index < -0.39 is 0 Å². The monoisotopic (exact) mass is 1230 g/mol. The number of ether oxygens (including phenoxy) is 2. The fourth-order valence-corrected chi connectivity index (χ4v) is 16.1. The fourth-order valence-electron chi connectivity index (χ4n) is 16.1. The Morgan fingerprint density at radius 2 is 0.760 bits per heavy atom. The third kappa shape index (κ3) is 7.81. The van der Waals surface area contributed by atoms with Crippen LogP contribution in [0, 0.1) is 0 Å². The number of anilines is 12. The summed E-state index contributed by atoms with van der Waals surface area (Å²) in [6.45, 7) is -0.496. The summed E-state index contributed by atoms with van der Waals surface area (Å²) in [6, 6.07) is 113. The molecule has 0 spiro atoms. The van der Waals surface area contributed by atoms with E-state index >= 15 is 0 Å². The van der Waals surface area contributed by atoms with Crippen LogP contribution in [0.3, 0.4) is 0 Å². The van der Waals surface area contributed by atoms with Crippen LogP contribution in [0.2, 0.25) is 0 Å². The zero-order valence-electron chi connectivity index (χ0n) is 51.6. The number of hydrogen-bond donors (Lipinski definition) is 0. The van der Waals surface area contributed by atoms with Crippen LogP contribution in [0.5, 0.6) is 23.0 Å². The van der Waals surface area contributed by atoms with Crippen LogP contribution in [0.15, 0.2) is 324 Å². The highest BCUT2D eigenvalue weighted by Gasteiger charge is 2.49. The Morgan fingerprint density at radius 1 is 0.271 bits per heavy atom. The minimum absolute atomic E-state index is 0.233. The van der Waals surface area contributed by atoms with Gasteiger partial charge in [-0.15, -0.1) is 0 Å². The smallest absolute Gasteiger partial charge is 0.260 e. The van der Waals surface area contributed by atoms with Gasteiger partial charge in [-0.25, -0.2) is 0 Å². The topological polar surface area (TPSA) is 57.7 Å². The third-order valence-corrected chi connectivity index (χ3v) is 20.2. The van der Waals surface area contributed by atoms with Gasteiger partial charge in [0.1, 0.15) is 28.4 Å². The highest BCUT2D eigenvalue weighted by molar-refractivity contribution is 7.02. The van der Waals surface area contributed by atoms with E-state index in [0.717, 1.165) is 173 Å². The van der Waals surface area contributed by atoms with Crippen LogP contribution in [0.1, 0.15) is 0 Å². The predicted octanol–water partition coefficient (Wildman–Crippen LogP) is 19.5. The molecule has 4 aliphatic heterocycles. The van der Waals surface area contributed by atoms with Crippen molar-refractivity contribution in [3.8, 4) is 23.0 Å². The molecule has 6 heterocycles. The summed E-state index contributed by atoms with van der Waals surface area (Å²) in [5.41, 5.74) is 22.5. The molecule has 0 amide bonds. The van der Waals surface area contributed by atoms with Crippen LogP contribution in [0.25, 0.3) is 65.4 Å². The van der Waals surface area contributed by atoms with Crippen LogP contribution in [0.4, 0.5) is 68.2 Å². The number of furan rings is 2. The third-order valence-electron chi connectivity index (χ3n) is 20.2. The molecule has 21 rings (SSSR count). The Bertz CT molecular complexity index is 5990. The lowest BCUT2D eigenvalue weighted by molar-refractivity contribution is 0.462. The Hall–Kier alpha value is -12.7. The molecule has 0 N–H and O–H groups in total. The van der Waals surface area contributed by atoms with Gasteiger partial charge >= 0.3 is 0 Å². The first-order chi connectivity index (χ1) is 47.6. The Labute approximate surface area is 553 Å². The van der Waals surface area contributed by atoms with Crippen molar-refractivity contribution in [1.82, 2.24) is 0 Å². The molecule has 0 fully saturated rings. The summed E-state index contributed by atoms with van der Waals surface area (Å²) in [6.07, 6.45) is 0. The van der Waals surface area contributed by atoms with Gasteiger partial charge < -0.3 is 37.9 Å². The molecule has 446 valence electrons. The van der Waals surface area contributed by atoms with Crippen molar-refractivity contribution >= 4 is 180 Å². The van der Waals surface area contributed by atoms with Crippen molar-refractivity contribution < 1.29 is 18.3 Å². The molecule has 2 aromatic heterocycles. The van der Waals surface area contributed by atoms with Gasteiger partial charge in [0, 0.05) is 95.6 Å². The molecule has 0 radical (unpaired) electrons. The first kappa shape index (κ1) is 52.9. The number of fused-ring (bicyclic) bond motifs is 18. The van der Waals surface area contributed by atoms with Crippen LogP contribution in [-0.4, -0.2) is 13.4 Å². The molecule has 10 heteroatoms. The van der Waals surface area contributed by atoms with E-state index in [1.807, 2.05) is 0 Å². The van der Waals surface area contributed by atoms with E-state index in [0.29, 0.717) is 11.3 Å². The normalized spacial score (nSPS) is 13.1. The van der Waals surface area contributed by atoms with E-state index in [1.165, 1.54) is 5.46 Å².